The third kappa shape index (κ3) is 3.59. The van der Waals surface area contributed by atoms with Crippen molar-refractivity contribution in [3.8, 4) is 16.9 Å². The predicted octanol–water partition coefficient (Wildman–Crippen LogP) is 4.55. The van der Waals surface area contributed by atoms with Crippen molar-refractivity contribution in [2.24, 2.45) is 7.05 Å². The van der Waals surface area contributed by atoms with Crippen LogP contribution >= 0.6 is 11.6 Å². The molecule has 0 saturated heterocycles. The number of halogens is 7. The van der Waals surface area contributed by atoms with Gasteiger partial charge in [0.15, 0.2) is 11.5 Å². The summed E-state index contributed by atoms with van der Waals surface area (Å²) in [6.07, 6.45) is -8.32. The number of hydrogen-bond acceptors (Lipinski definition) is 3. The van der Waals surface area contributed by atoms with Gasteiger partial charge in [-0.2, -0.15) is 41.2 Å². The molecule has 2 N–H and O–H groups in total. The molecule has 0 unspecified atom stereocenters. The van der Waals surface area contributed by atoms with Gasteiger partial charge in [-0.15, -0.1) is 0 Å². The fourth-order valence-electron chi connectivity index (χ4n) is 2.50. The Morgan fingerprint density at radius 1 is 1.00 bits per heavy atom. The fraction of sp³-hybridized carbons (Fsp3) is 0.200. The second-order valence-corrected chi connectivity index (χ2v) is 6.03. The van der Waals surface area contributed by atoms with Crippen LogP contribution in [0.2, 0.25) is 5.02 Å². The molecule has 144 valence electrons. The summed E-state index contributed by atoms with van der Waals surface area (Å²) in [5.41, 5.74) is 2.00. The lowest BCUT2D eigenvalue weighted by Gasteiger charge is -2.11. The zero-order valence-electron chi connectivity index (χ0n) is 13.4. The van der Waals surface area contributed by atoms with Crippen molar-refractivity contribution in [2.75, 3.05) is 5.73 Å². The quantitative estimate of drug-likeness (QED) is 0.632. The minimum absolute atomic E-state index is 0.0233. The molecule has 0 bridgehead atoms. The Morgan fingerprint density at radius 3 is 2.19 bits per heavy atom. The van der Waals surface area contributed by atoms with Crippen LogP contribution in [0.3, 0.4) is 0 Å². The average Bonchev–Trinajstić information content (AvgIpc) is 3.08. The topological polar surface area (TPSA) is 61.7 Å². The fourth-order valence-corrected chi connectivity index (χ4v) is 2.74. The number of aromatic nitrogens is 4. The minimum atomic E-state index is -4.97. The van der Waals surface area contributed by atoms with Crippen LogP contribution in [0.5, 0.6) is 0 Å². The Hall–Kier alpha value is -2.69. The smallest absolute Gasteiger partial charge is 0.383 e. The molecule has 12 heteroatoms. The highest BCUT2D eigenvalue weighted by Gasteiger charge is 2.40. The van der Waals surface area contributed by atoms with Crippen LogP contribution < -0.4 is 5.73 Å². The number of anilines is 1. The first-order valence-electron chi connectivity index (χ1n) is 7.22. The maximum Gasteiger partial charge on any atom is 0.435 e. The van der Waals surface area contributed by atoms with Crippen molar-refractivity contribution in [3.05, 3.63) is 46.7 Å². The molecule has 5 nitrogen and oxygen atoms in total. The predicted molar refractivity (Wildman–Crippen MR) is 85.2 cm³/mol. The summed E-state index contributed by atoms with van der Waals surface area (Å²) in [4.78, 5) is 0. The third-order valence-corrected chi connectivity index (χ3v) is 3.84. The van der Waals surface area contributed by atoms with Crippen LogP contribution in [-0.4, -0.2) is 19.6 Å². The highest BCUT2D eigenvalue weighted by molar-refractivity contribution is 6.31. The zero-order valence-corrected chi connectivity index (χ0v) is 14.2. The molecule has 0 aliphatic heterocycles. The summed E-state index contributed by atoms with van der Waals surface area (Å²) in [6.45, 7) is 0. The van der Waals surface area contributed by atoms with Gasteiger partial charge >= 0.3 is 12.4 Å². The monoisotopic (exact) mass is 409 g/mol. The van der Waals surface area contributed by atoms with Gasteiger partial charge in [0, 0.05) is 24.3 Å². The average molecular weight is 410 g/mol. The number of rotatable bonds is 2. The highest BCUT2D eigenvalue weighted by Crippen LogP contribution is 2.43. The van der Waals surface area contributed by atoms with E-state index in [2.05, 4.69) is 10.2 Å². The number of aryl methyl sites for hydroxylation is 1. The van der Waals surface area contributed by atoms with E-state index in [0.29, 0.717) is 16.8 Å². The van der Waals surface area contributed by atoms with E-state index in [1.807, 2.05) is 0 Å². The molecule has 27 heavy (non-hydrogen) atoms. The first kappa shape index (κ1) is 19.1. The number of hydrogen-bond donors (Lipinski definition) is 1. The number of benzene rings is 1. The second-order valence-electron chi connectivity index (χ2n) is 5.59. The normalized spacial score (nSPS) is 12.6. The van der Waals surface area contributed by atoms with Crippen molar-refractivity contribution < 1.29 is 26.3 Å². The molecule has 0 aliphatic carbocycles. The largest absolute Gasteiger partial charge is 0.435 e. The summed E-state index contributed by atoms with van der Waals surface area (Å²) in [5.74, 6) is -0.541. The van der Waals surface area contributed by atoms with Gasteiger partial charge in [-0.25, -0.2) is 0 Å². The lowest BCUT2D eigenvalue weighted by molar-refractivity contribution is -0.140. The van der Waals surface area contributed by atoms with Crippen molar-refractivity contribution in [1.29, 1.82) is 0 Å². The molecule has 0 radical (unpaired) electrons. The van der Waals surface area contributed by atoms with Crippen LogP contribution in [0.15, 0.2) is 30.5 Å². The Morgan fingerprint density at radius 2 is 1.67 bits per heavy atom. The van der Waals surface area contributed by atoms with Crippen LogP contribution in [0.4, 0.5) is 32.2 Å². The summed E-state index contributed by atoms with van der Waals surface area (Å²) in [7, 11) is 1.53. The molecule has 3 aromatic rings. The van der Waals surface area contributed by atoms with E-state index in [0.717, 1.165) is 6.07 Å². The lowest BCUT2D eigenvalue weighted by Crippen LogP contribution is -2.09. The molecular weight excluding hydrogens is 400 g/mol. The van der Waals surface area contributed by atoms with Crippen LogP contribution in [0, 0.1) is 0 Å². The molecule has 0 aliphatic rings. The van der Waals surface area contributed by atoms with Crippen molar-refractivity contribution in [3.63, 3.8) is 0 Å². The van der Waals surface area contributed by atoms with Crippen molar-refractivity contribution >= 4 is 17.4 Å². The van der Waals surface area contributed by atoms with Gasteiger partial charge in [-0.05, 0) is 23.8 Å². The summed E-state index contributed by atoms with van der Waals surface area (Å²) < 4.78 is 81.5. The van der Waals surface area contributed by atoms with Crippen molar-refractivity contribution in [2.45, 2.75) is 12.4 Å². The van der Waals surface area contributed by atoms with E-state index in [4.69, 9.17) is 17.3 Å². The van der Waals surface area contributed by atoms with E-state index in [-0.39, 0.29) is 5.82 Å². The number of nitrogens with two attached hydrogens (primary N) is 1. The van der Waals surface area contributed by atoms with Crippen LogP contribution in [0.1, 0.15) is 11.3 Å². The third-order valence-electron chi connectivity index (χ3n) is 3.62. The van der Waals surface area contributed by atoms with E-state index in [1.54, 1.807) is 0 Å². The van der Waals surface area contributed by atoms with Gasteiger partial charge in [0.1, 0.15) is 5.82 Å². The Kier molecular flexibility index (Phi) is 4.37. The zero-order chi connectivity index (χ0) is 20.1. The summed E-state index contributed by atoms with van der Waals surface area (Å²) in [6, 6.07) is 3.46. The van der Waals surface area contributed by atoms with Gasteiger partial charge in [-0.1, -0.05) is 11.6 Å². The highest BCUT2D eigenvalue weighted by atomic mass is 35.5. The molecular formula is C15H10ClF6N5. The van der Waals surface area contributed by atoms with E-state index < -0.39 is 45.6 Å². The lowest BCUT2D eigenvalue weighted by atomic mass is 10.0. The van der Waals surface area contributed by atoms with E-state index in [9.17, 15) is 26.3 Å². The number of nitrogens with zero attached hydrogens (tertiary/aromatic N) is 4. The Balaban J connectivity index is 2.30. The molecule has 2 heterocycles. The number of nitrogen functional groups attached to an aromatic ring is 1. The summed E-state index contributed by atoms with van der Waals surface area (Å²) >= 11 is 5.69. The van der Waals surface area contributed by atoms with Gasteiger partial charge in [0.05, 0.1) is 11.1 Å². The molecule has 0 saturated carbocycles. The second kappa shape index (κ2) is 6.19. The maximum atomic E-state index is 13.5. The standard InChI is InChI=1S/C15H10ClF6N5/c1-26-3-2-10(24-26)27-13(23)11(12(25-27)15(20,21)22)7-4-8(14(17,18)19)6-9(16)5-7/h2-6H,23H2,1H3. The van der Waals surface area contributed by atoms with Gasteiger partial charge < -0.3 is 5.73 Å². The maximum absolute atomic E-state index is 13.5. The first-order chi connectivity index (χ1) is 12.4. The molecule has 0 atom stereocenters. The Bertz CT molecular complexity index is 1000. The van der Waals surface area contributed by atoms with Gasteiger partial charge in [0.25, 0.3) is 0 Å². The van der Waals surface area contributed by atoms with Crippen molar-refractivity contribution in [1.82, 2.24) is 19.6 Å². The van der Waals surface area contributed by atoms with Gasteiger partial charge in [-0.3, -0.25) is 4.68 Å². The first-order valence-corrected chi connectivity index (χ1v) is 7.59. The summed E-state index contributed by atoms with van der Waals surface area (Å²) in [5, 5.41) is 6.95. The molecule has 1 aromatic carbocycles. The number of alkyl halides is 6. The molecule has 3 rings (SSSR count). The Labute approximate surface area is 152 Å². The van der Waals surface area contributed by atoms with Gasteiger partial charge in [0.2, 0.25) is 0 Å². The minimum Gasteiger partial charge on any atom is -0.383 e. The van der Waals surface area contributed by atoms with Crippen LogP contribution in [0.25, 0.3) is 16.9 Å². The van der Waals surface area contributed by atoms with E-state index >= 15 is 0 Å². The SMILES string of the molecule is Cn1ccc(-n2nc(C(F)(F)F)c(-c3cc(Cl)cc(C(F)(F)F)c3)c2N)n1. The molecule has 0 spiro atoms. The van der Waals surface area contributed by atoms with E-state index in [1.165, 1.54) is 24.0 Å². The molecule has 2 aromatic heterocycles. The molecule has 0 amide bonds. The van der Waals surface area contributed by atoms with Crippen LogP contribution in [-0.2, 0) is 19.4 Å². The molecule has 0 fully saturated rings.